The van der Waals surface area contributed by atoms with Gasteiger partial charge < -0.3 is 10.6 Å². The minimum atomic E-state index is -0.0461. The molecule has 4 rings (SSSR count). The number of carbonyl (C=O) groups excluding carboxylic acids is 2. The second-order valence-electron chi connectivity index (χ2n) is 8.48. The predicted octanol–water partition coefficient (Wildman–Crippen LogP) is 4.68. The fourth-order valence-corrected chi connectivity index (χ4v) is 5.15. The Hall–Kier alpha value is -2.08. The highest BCUT2D eigenvalue weighted by atomic mass is 35.5. The largest absolute Gasteiger partial charge is 0.353 e. The number of anilines is 1. The van der Waals surface area contributed by atoms with E-state index in [1.54, 1.807) is 18.2 Å². The highest BCUT2D eigenvalue weighted by Gasteiger charge is 2.39. The molecule has 0 aliphatic carbocycles. The van der Waals surface area contributed by atoms with Crippen molar-refractivity contribution >= 4 is 40.7 Å². The van der Waals surface area contributed by atoms with Gasteiger partial charge in [0.2, 0.25) is 11.8 Å². The van der Waals surface area contributed by atoms with E-state index in [1.807, 2.05) is 30.3 Å². The molecule has 0 radical (unpaired) electrons. The summed E-state index contributed by atoms with van der Waals surface area (Å²) in [5.41, 5.74) is 1.60. The third kappa shape index (κ3) is 5.79. The maximum absolute atomic E-state index is 12.7. The van der Waals surface area contributed by atoms with Crippen LogP contribution in [0.5, 0.6) is 0 Å². The van der Waals surface area contributed by atoms with Gasteiger partial charge >= 0.3 is 0 Å². The molecule has 2 amide bonds. The number of amides is 2. The zero-order valence-electron chi connectivity index (χ0n) is 17.3. The molecule has 2 aliphatic heterocycles. The van der Waals surface area contributed by atoms with E-state index >= 15 is 0 Å². The standard InChI is InChI=1S/C24H27Cl2N3O2/c25-17-10-8-16(9-11-17)12-23(30)27-18-13-19-4-3-5-20(14-18)29(19)15-24(31)28-22-7-2-1-6-21(22)26/h1-2,6-11,18-20H,3-5,12-15H2,(H,27,30)(H,28,31). The fraction of sp³-hybridized carbons (Fsp3) is 0.417. The molecule has 2 bridgehead atoms. The summed E-state index contributed by atoms with van der Waals surface area (Å²) in [5.74, 6) is -0.00877. The first-order valence-electron chi connectivity index (χ1n) is 10.8. The van der Waals surface area contributed by atoms with Gasteiger partial charge in [0.15, 0.2) is 0 Å². The van der Waals surface area contributed by atoms with Crippen LogP contribution in [0.2, 0.25) is 10.0 Å². The first kappa shape index (κ1) is 22.1. The molecule has 2 aromatic carbocycles. The van der Waals surface area contributed by atoms with Crippen molar-refractivity contribution in [1.29, 1.82) is 0 Å². The quantitative estimate of drug-likeness (QED) is 0.659. The van der Waals surface area contributed by atoms with E-state index in [-0.39, 0.29) is 17.9 Å². The molecule has 31 heavy (non-hydrogen) atoms. The zero-order chi connectivity index (χ0) is 21.8. The smallest absolute Gasteiger partial charge is 0.238 e. The van der Waals surface area contributed by atoms with Crippen molar-refractivity contribution < 1.29 is 9.59 Å². The number of benzene rings is 2. The number of rotatable bonds is 6. The average molecular weight is 460 g/mol. The molecule has 2 fully saturated rings. The van der Waals surface area contributed by atoms with Crippen LogP contribution in [0.4, 0.5) is 5.69 Å². The molecule has 2 saturated heterocycles. The van der Waals surface area contributed by atoms with Gasteiger partial charge in [0, 0.05) is 23.1 Å². The van der Waals surface area contributed by atoms with Crippen LogP contribution in [0.3, 0.4) is 0 Å². The van der Waals surface area contributed by atoms with Crippen LogP contribution in [-0.2, 0) is 16.0 Å². The number of piperidine rings is 2. The lowest BCUT2D eigenvalue weighted by Crippen LogP contribution is -2.58. The second kappa shape index (κ2) is 10.0. The van der Waals surface area contributed by atoms with Crippen LogP contribution in [-0.4, -0.2) is 41.4 Å². The van der Waals surface area contributed by atoms with Gasteiger partial charge in [-0.3, -0.25) is 14.5 Å². The van der Waals surface area contributed by atoms with Crippen molar-refractivity contribution in [3.63, 3.8) is 0 Å². The molecule has 2 atom stereocenters. The molecular formula is C24H27Cl2N3O2. The van der Waals surface area contributed by atoms with Gasteiger partial charge in [-0.05, 0) is 55.5 Å². The molecule has 2 N–H and O–H groups in total. The second-order valence-corrected chi connectivity index (χ2v) is 9.32. The van der Waals surface area contributed by atoms with E-state index in [1.165, 1.54) is 6.42 Å². The van der Waals surface area contributed by atoms with Crippen LogP contribution < -0.4 is 10.6 Å². The summed E-state index contributed by atoms with van der Waals surface area (Å²) in [5, 5.41) is 7.35. The number of nitrogens with zero attached hydrogens (tertiary/aromatic N) is 1. The maximum Gasteiger partial charge on any atom is 0.238 e. The monoisotopic (exact) mass is 459 g/mol. The summed E-state index contributed by atoms with van der Waals surface area (Å²) in [6.07, 6.45) is 5.39. The minimum Gasteiger partial charge on any atom is -0.353 e. The van der Waals surface area contributed by atoms with E-state index in [4.69, 9.17) is 23.2 Å². The van der Waals surface area contributed by atoms with Crippen molar-refractivity contribution in [3.05, 3.63) is 64.1 Å². The summed E-state index contributed by atoms with van der Waals surface area (Å²) in [4.78, 5) is 27.5. The van der Waals surface area contributed by atoms with Crippen LogP contribution in [0.15, 0.2) is 48.5 Å². The summed E-state index contributed by atoms with van der Waals surface area (Å²) >= 11 is 12.1. The summed E-state index contributed by atoms with van der Waals surface area (Å²) in [6.45, 7) is 0.353. The summed E-state index contributed by atoms with van der Waals surface area (Å²) < 4.78 is 0. The molecule has 2 aromatic rings. The summed E-state index contributed by atoms with van der Waals surface area (Å²) in [6, 6.07) is 15.4. The molecule has 0 aromatic heterocycles. The Morgan fingerprint density at radius 3 is 2.29 bits per heavy atom. The molecule has 0 spiro atoms. The summed E-state index contributed by atoms with van der Waals surface area (Å²) in [7, 11) is 0. The topological polar surface area (TPSA) is 61.4 Å². The Labute approximate surface area is 193 Å². The predicted molar refractivity (Wildman–Crippen MR) is 125 cm³/mol. The highest BCUT2D eigenvalue weighted by Crippen LogP contribution is 2.34. The molecule has 2 aliphatic rings. The van der Waals surface area contributed by atoms with Crippen LogP contribution in [0.1, 0.15) is 37.7 Å². The first-order valence-corrected chi connectivity index (χ1v) is 11.6. The van der Waals surface area contributed by atoms with Gasteiger partial charge in [-0.1, -0.05) is 53.9 Å². The number of hydrogen-bond donors (Lipinski definition) is 2. The Bertz CT molecular complexity index is 921. The maximum atomic E-state index is 12.7. The van der Waals surface area contributed by atoms with E-state index < -0.39 is 0 Å². The lowest BCUT2D eigenvalue weighted by molar-refractivity contribution is -0.124. The van der Waals surface area contributed by atoms with Crippen LogP contribution >= 0.6 is 23.2 Å². The van der Waals surface area contributed by atoms with Crippen LogP contribution in [0.25, 0.3) is 0 Å². The Balaban J connectivity index is 1.32. The molecular weight excluding hydrogens is 433 g/mol. The molecule has 2 unspecified atom stereocenters. The molecule has 0 saturated carbocycles. The Kier molecular flexibility index (Phi) is 7.16. The minimum absolute atomic E-state index is 0.0373. The molecule has 5 nitrogen and oxygen atoms in total. The van der Waals surface area contributed by atoms with Gasteiger partial charge in [0.1, 0.15) is 0 Å². The number of fused-ring (bicyclic) bond motifs is 2. The first-order chi connectivity index (χ1) is 15.0. The number of hydrogen-bond acceptors (Lipinski definition) is 3. The Morgan fingerprint density at radius 2 is 1.61 bits per heavy atom. The van der Waals surface area contributed by atoms with Crippen LogP contribution in [0, 0.1) is 0 Å². The molecule has 7 heteroatoms. The van der Waals surface area contributed by atoms with E-state index in [9.17, 15) is 9.59 Å². The zero-order valence-corrected chi connectivity index (χ0v) is 18.8. The van der Waals surface area contributed by atoms with Crippen molar-refractivity contribution in [2.75, 3.05) is 11.9 Å². The average Bonchev–Trinajstić information content (AvgIpc) is 2.72. The lowest BCUT2D eigenvalue weighted by Gasteiger charge is -2.48. The molecule has 164 valence electrons. The third-order valence-electron chi connectivity index (χ3n) is 6.24. The fourth-order valence-electron chi connectivity index (χ4n) is 4.84. The third-order valence-corrected chi connectivity index (χ3v) is 6.82. The normalized spacial score (nSPS) is 23.2. The van der Waals surface area contributed by atoms with Crippen molar-refractivity contribution in [1.82, 2.24) is 10.2 Å². The lowest BCUT2D eigenvalue weighted by atomic mass is 9.81. The van der Waals surface area contributed by atoms with Gasteiger partial charge in [-0.2, -0.15) is 0 Å². The number of nitrogens with one attached hydrogen (secondary N) is 2. The SMILES string of the molecule is O=C(CN1C2CCCC1CC(NC(=O)Cc1ccc(Cl)cc1)C2)Nc1ccccc1Cl. The van der Waals surface area contributed by atoms with Crippen molar-refractivity contribution in [3.8, 4) is 0 Å². The van der Waals surface area contributed by atoms with Gasteiger partial charge in [-0.15, -0.1) is 0 Å². The Morgan fingerprint density at radius 1 is 0.935 bits per heavy atom. The highest BCUT2D eigenvalue weighted by molar-refractivity contribution is 6.33. The van der Waals surface area contributed by atoms with Gasteiger partial charge in [0.05, 0.1) is 23.7 Å². The van der Waals surface area contributed by atoms with Gasteiger partial charge in [-0.25, -0.2) is 0 Å². The van der Waals surface area contributed by atoms with E-state index in [2.05, 4.69) is 15.5 Å². The number of para-hydroxylation sites is 1. The number of halogens is 2. The van der Waals surface area contributed by atoms with Crippen molar-refractivity contribution in [2.45, 2.75) is 56.7 Å². The number of carbonyl (C=O) groups is 2. The van der Waals surface area contributed by atoms with Gasteiger partial charge in [0.25, 0.3) is 0 Å². The van der Waals surface area contributed by atoms with Crippen molar-refractivity contribution in [2.24, 2.45) is 0 Å². The van der Waals surface area contributed by atoms with E-state index in [0.717, 1.165) is 31.2 Å². The molecule has 2 heterocycles. The van der Waals surface area contributed by atoms with E-state index in [0.29, 0.717) is 40.8 Å².